The first-order valence-electron chi connectivity index (χ1n) is 4.93. The first-order valence-corrected chi connectivity index (χ1v) is 6.41. The average Bonchev–Trinajstić information content (AvgIpc) is 2.14. The van der Waals surface area contributed by atoms with E-state index in [1.165, 1.54) is 7.11 Å². The van der Waals surface area contributed by atoms with E-state index in [4.69, 9.17) is 0 Å². The molecule has 0 fully saturated rings. The van der Waals surface area contributed by atoms with Crippen LogP contribution in [0.5, 0.6) is 0 Å². The molecule has 90 valence electrons. The zero-order chi connectivity index (χ0) is 12.5. The molecule has 0 bridgehead atoms. The third-order valence-electron chi connectivity index (χ3n) is 2.76. The van der Waals surface area contributed by atoms with Crippen LogP contribution < -0.4 is 4.89 Å². The predicted octanol–water partition coefficient (Wildman–Crippen LogP) is 1.76. The van der Waals surface area contributed by atoms with Gasteiger partial charge in [0, 0.05) is 0 Å². The van der Waals surface area contributed by atoms with Gasteiger partial charge in [-0.1, -0.05) is 11.0 Å². The van der Waals surface area contributed by atoms with Gasteiger partial charge in [0.05, 0.1) is 12.0 Å². The highest BCUT2D eigenvalue weighted by Crippen LogP contribution is 2.25. The fraction of sp³-hybridized carbons (Fsp3) is 0.455. The van der Waals surface area contributed by atoms with Crippen LogP contribution in [0.3, 0.4) is 0 Å². The summed E-state index contributed by atoms with van der Waals surface area (Å²) in [4.78, 5) is 6.87. The van der Waals surface area contributed by atoms with Gasteiger partial charge >= 0.3 is 0 Å². The van der Waals surface area contributed by atoms with E-state index < -0.39 is 10.0 Å². The standard InChI is InChI=1S/C11H17NO3S/c1-7-6-8(2)10(4)11(9(7)3)16(13,14)12-15-5/h6,12H,1-5H3. The lowest BCUT2D eigenvalue weighted by atomic mass is 10.0. The Labute approximate surface area is 96.6 Å². The van der Waals surface area contributed by atoms with Crippen LogP contribution in [0.2, 0.25) is 0 Å². The maximum Gasteiger partial charge on any atom is 0.263 e. The molecule has 0 aromatic heterocycles. The van der Waals surface area contributed by atoms with Gasteiger partial charge in [0.2, 0.25) is 0 Å². The summed E-state index contributed by atoms with van der Waals surface area (Å²) in [5.41, 5.74) is 3.43. The summed E-state index contributed by atoms with van der Waals surface area (Å²) in [6.07, 6.45) is 0. The van der Waals surface area contributed by atoms with Gasteiger partial charge < -0.3 is 0 Å². The van der Waals surface area contributed by atoms with E-state index in [0.717, 1.165) is 22.3 Å². The van der Waals surface area contributed by atoms with Gasteiger partial charge in [-0.15, -0.1) is 0 Å². The molecule has 1 rings (SSSR count). The summed E-state index contributed by atoms with van der Waals surface area (Å²) in [5, 5.41) is 0. The molecule has 16 heavy (non-hydrogen) atoms. The Bertz CT molecular complexity index is 480. The second kappa shape index (κ2) is 4.53. The Morgan fingerprint density at radius 3 is 1.88 bits per heavy atom. The third kappa shape index (κ3) is 2.26. The van der Waals surface area contributed by atoms with E-state index >= 15 is 0 Å². The molecule has 1 N–H and O–H groups in total. The van der Waals surface area contributed by atoms with Crippen molar-refractivity contribution in [2.75, 3.05) is 7.11 Å². The summed E-state index contributed by atoms with van der Waals surface area (Å²) in [6.45, 7) is 7.39. The van der Waals surface area contributed by atoms with Crippen LogP contribution in [-0.2, 0) is 14.9 Å². The Kier molecular flexibility index (Phi) is 3.72. The number of rotatable bonds is 3. The Balaban J connectivity index is 3.56. The summed E-state index contributed by atoms with van der Waals surface area (Å²) in [5.74, 6) is 0. The molecule has 0 heterocycles. The molecule has 4 nitrogen and oxygen atoms in total. The van der Waals surface area contributed by atoms with Crippen LogP contribution in [0.25, 0.3) is 0 Å². The normalized spacial score (nSPS) is 11.8. The zero-order valence-electron chi connectivity index (χ0n) is 10.2. The van der Waals surface area contributed by atoms with E-state index in [0.29, 0.717) is 4.90 Å². The van der Waals surface area contributed by atoms with E-state index in [1.807, 2.05) is 24.8 Å². The molecule has 0 aliphatic rings. The smallest absolute Gasteiger partial charge is 0.263 e. The highest BCUT2D eigenvalue weighted by atomic mass is 32.2. The van der Waals surface area contributed by atoms with Crippen molar-refractivity contribution in [3.8, 4) is 0 Å². The molecule has 0 aliphatic carbocycles. The SMILES string of the molecule is CONS(=O)(=O)c1c(C)c(C)cc(C)c1C. The zero-order valence-corrected chi connectivity index (χ0v) is 11.0. The molecule has 0 amide bonds. The lowest BCUT2D eigenvalue weighted by Crippen LogP contribution is -2.24. The second-order valence-corrected chi connectivity index (χ2v) is 5.46. The van der Waals surface area contributed by atoms with Crippen molar-refractivity contribution in [1.29, 1.82) is 0 Å². The van der Waals surface area contributed by atoms with Crippen molar-refractivity contribution in [1.82, 2.24) is 4.89 Å². The lowest BCUT2D eigenvalue weighted by molar-refractivity contribution is 0.153. The second-order valence-electron chi connectivity index (χ2n) is 3.88. The molecule has 0 atom stereocenters. The Hall–Kier alpha value is -0.910. The number of sulfonamides is 1. The van der Waals surface area contributed by atoms with Crippen LogP contribution in [0, 0.1) is 27.7 Å². The van der Waals surface area contributed by atoms with Crippen LogP contribution in [0.1, 0.15) is 22.3 Å². The molecular formula is C11H17NO3S. The first-order chi connectivity index (χ1) is 7.31. The van der Waals surface area contributed by atoms with Crippen molar-refractivity contribution in [2.45, 2.75) is 32.6 Å². The summed E-state index contributed by atoms with van der Waals surface area (Å²) in [7, 11) is -2.31. The molecule has 5 heteroatoms. The first kappa shape index (κ1) is 13.2. The van der Waals surface area contributed by atoms with Gasteiger partial charge in [-0.25, -0.2) is 8.42 Å². The van der Waals surface area contributed by atoms with Gasteiger partial charge in [-0.3, -0.25) is 4.84 Å². The minimum Gasteiger partial charge on any atom is -0.290 e. The molecule has 0 spiro atoms. The molecule has 0 unspecified atom stereocenters. The molecular weight excluding hydrogens is 226 g/mol. The summed E-state index contributed by atoms with van der Waals surface area (Å²) < 4.78 is 23.9. The number of benzene rings is 1. The quantitative estimate of drug-likeness (QED) is 0.823. The number of nitrogens with one attached hydrogen (secondary N) is 1. The fourth-order valence-electron chi connectivity index (χ4n) is 1.74. The fourth-order valence-corrected chi connectivity index (χ4v) is 3.17. The van der Waals surface area contributed by atoms with E-state index in [-0.39, 0.29) is 0 Å². The van der Waals surface area contributed by atoms with Crippen LogP contribution in [0.15, 0.2) is 11.0 Å². The Morgan fingerprint density at radius 1 is 1.06 bits per heavy atom. The molecule has 0 saturated carbocycles. The van der Waals surface area contributed by atoms with Crippen molar-refractivity contribution in [3.63, 3.8) is 0 Å². The highest BCUT2D eigenvalue weighted by Gasteiger charge is 2.21. The van der Waals surface area contributed by atoms with Crippen LogP contribution in [-0.4, -0.2) is 15.5 Å². The third-order valence-corrected chi connectivity index (χ3v) is 4.29. The molecule has 1 aromatic carbocycles. The van der Waals surface area contributed by atoms with Crippen molar-refractivity contribution >= 4 is 10.0 Å². The summed E-state index contributed by atoms with van der Waals surface area (Å²) >= 11 is 0. The van der Waals surface area contributed by atoms with E-state index in [1.54, 1.807) is 13.8 Å². The molecule has 1 aromatic rings. The van der Waals surface area contributed by atoms with Crippen LogP contribution >= 0.6 is 0 Å². The van der Waals surface area contributed by atoms with Crippen molar-refractivity contribution in [2.24, 2.45) is 0 Å². The maximum absolute atomic E-state index is 11.9. The highest BCUT2D eigenvalue weighted by molar-refractivity contribution is 7.89. The van der Waals surface area contributed by atoms with E-state index in [2.05, 4.69) is 4.84 Å². The predicted molar refractivity (Wildman–Crippen MR) is 62.7 cm³/mol. The van der Waals surface area contributed by atoms with E-state index in [9.17, 15) is 8.42 Å². The van der Waals surface area contributed by atoms with Gasteiger partial charge in [-0.2, -0.15) is 0 Å². The summed E-state index contributed by atoms with van der Waals surface area (Å²) in [6, 6.07) is 1.98. The van der Waals surface area contributed by atoms with Crippen LogP contribution in [0.4, 0.5) is 0 Å². The van der Waals surface area contributed by atoms with Gasteiger partial charge in [0.15, 0.2) is 0 Å². The van der Waals surface area contributed by atoms with Gasteiger partial charge in [0.25, 0.3) is 10.0 Å². The molecule has 0 radical (unpaired) electrons. The minimum atomic E-state index is -3.59. The molecule has 0 aliphatic heterocycles. The number of hydrogen-bond donors (Lipinski definition) is 1. The van der Waals surface area contributed by atoms with Gasteiger partial charge in [-0.05, 0) is 49.9 Å². The topological polar surface area (TPSA) is 55.4 Å². The lowest BCUT2D eigenvalue weighted by Gasteiger charge is -2.15. The van der Waals surface area contributed by atoms with Crippen molar-refractivity contribution in [3.05, 3.63) is 28.3 Å². The largest absolute Gasteiger partial charge is 0.290 e. The van der Waals surface area contributed by atoms with Gasteiger partial charge in [0.1, 0.15) is 0 Å². The monoisotopic (exact) mass is 243 g/mol. The average molecular weight is 243 g/mol. The number of aryl methyl sites for hydroxylation is 2. The Morgan fingerprint density at radius 2 is 1.50 bits per heavy atom. The number of hydrogen-bond acceptors (Lipinski definition) is 3. The van der Waals surface area contributed by atoms with Crippen molar-refractivity contribution < 1.29 is 13.3 Å². The minimum absolute atomic E-state index is 0.312. The molecule has 0 saturated heterocycles. The maximum atomic E-state index is 11.9.